The first kappa shape index (κ1) is 13.7. The Kier molecular flexibility index (Phi) is 3.30. The van der Waals surface area contributed by atoms with Crippen molar-refractivity contribution in [3.8, 4) is 0 Å². The minimum absolute atomic E-state index is 0.331. The van der Waals surface area contributed by atoms with Gasteiger partial charge in [0, 0.05) is 12.6 Å². The smallest absolute Gasteiger partial charge is 0.355 e. The van der Waals surface area contributed by atoms with E-state index in [4.69, 9.17) is 5.11 Å². The van der Waals surface area contributed by atoms with E-state index < -0.39 is 21.5 Å². The van der Waals surface area contributed by atoms with Crippen LogP contribution in [0.5, 0.6) is 0 Å². The van der Waals surface area contributed by atoms with Crippen LogP contribution >= 0.6 is 0 Å². The summed E-state index contributed by atoms with van der Waals surface area (Å²) in [6.07, 6.45) is 1.03. The average Bonchev–Trinajstić information content (AvgIpc) is 2.42. The third-order valence-electron chi connectivity index (χ3n) is 1.84. The number of aryl methyl sites for hydroxylation is 1. The second kappa shape index (κ2) is 4.11. The highest BCUT2D eigenvalue weighted by Gasteiger charge is 2.29. The van der Waals surface area contributed by atoms with Crippen LogP contribution < -0.4 is 4.72 Å². The fraction of sp³-hybridized carbons (Fsp3) is 0.556. The Hall–Kier alpha value is -1.41. The summed E-state index contributed by atoms with van der Waals surface area (Å²) in [5.74, 6) is -1.33. The molecule has 0 saturated heterocycles. The van der Waals surface area contributed by atoms with Gasteiger partial charge in [0.05, 0.1) is 6.20 Å². The first-order chi connectivity index (χ1) is 7.54. The van der Waals surface area contributed by atoms with Crippen LogP contribution in [0.3, 0.4) is 0 Å². The van der Waals surface area contributed by atoms with Crippen molar-refractivity contribution in [2.24, 2.45) is 7.05 Å². The Morgan fingerprint density at radius 3 is 2.41 bits per heavy atom. The molecule has 1 heterocycles. The van der Waals surface area contributed by atoms with Gasteiger partial charge in [0.2, 0.25) is 10.0 Å². The summed E-state index contributed by atoms with van der Waals surface area (Å²) in [6, 6.07) is 0. The molecule has 7 nitrogen and oxygen atoms in total. The van der Waals surface area contributed by atoms with E-state index in [-0.39, 0.29) is 10.6 Å². The topological polar surface area (TPSA) is 101 Å². The highest BCUT2D eigenvalue weighted by Crippen LogP contribution is 2.16. The molecule has 0 atom stereocenters. The van der Waals surface area contributed by atoms with Crippen LogP contribution in [0.4, 0.5) is 0 Å². The van der Waals surface area contributed by atoms with E-state index in [1.165, 1.54) is 7.05 Å². The number of nitrogens with zero attached hydrogens (tertiary/aromatic N) is 2. The summed E-state index contributed by atoms with van der Waals surface area (Å²) in [7, 11) is -2.51. The molecule has 8 heteroatoms. The van der Waals surface area contributed by atoms with Gasteiger partial charge in [0.25, 0.3) is 0 Å². The highest BCUT2D eigenvalue weighted by atomic mass is 32.2. The van der Waals surface area contributed by atoms with Crippen LogP contribution in [-0.2, 0) is 17.1 Å². The standard InChI is InChI=1S/C9H15N3O4S/c1-9(2,3)11-17(15,16)6-5-10-12(4)7(6)8(13)14/h5,11H,1-4H3,(H,13,14). The van der Waals surface area contributed by atoms with Gasteiger partial charge in [-0.1, -0.05) is 0 Å². The molecule has 0 radical (unpaired) electrons. The molecule has 96 valence electrons. The van der Waals surface area contributed by atoms with Crippen molar-refractivity contribution in [1.82, 2.24) is 14.5 Å². The van der Waals surface area contributed by atoms with E-state index >= 15 is 0 Å². The summed E-state index contributed by atoms with van der Waals surface area (Å²) in [6.45, 7) is 5.00. The third-order valence-corrected chi connectivity index (χ3v) is 3.60. The van der Waals surface area contributed by atoms with Gasteiger partial charge in [-0.2, -0.15) is 5.10 Å². The number of hydrogen-bond acceptors (Lipinski definition) is 4. The minimum atomic E-state index is -3.89. The van der Waals surface area contributed by atoms with Gasteiger partial charge >= 0.3 is 5.97 Å². The van der Waals surface area contributed by atoms with Crippen molar-refractivity contribution >= 4 is 16.0 Å². The zero-order chi connectivity index (χ0) is 13.4. The van der Waals surface area contributed by atoms with Crippen molar-refractivity contribution in [2.75, 3.05) is 0 Å². The molecule has 0 aromatic carbocycles. The fourth-order valence-corrected chi connectivity index (χ4v) is 2.89. The summed E-state index contributed by atoms with van der Waals surface area (Å²) in [4.78, 5) is 10.6. The molecule has 0 aliphatic heterocycles. The van der Waals surface area contributed by atoms with Crippen molar-refractivity contribution in [2.45, 2.75) is 31.2 Å². The fourth-order valence-electron chi connectivity index (χ4n) is 1.32. The Morgan fingerprint density at radius 1 is 1.47 bits per heavy atom. The number of aromatic carboxylic acids is 1. The van der Waals surface area contributed by atoms with Gasteiger partial charge in [-0.3, -0.25) is 4.68 Å². The maximum atomic E-state index is 12.0. The van der Waals surface area contributed by atoms with Crippen LogP contribution in [0.15, 0.2) is 11.1 Å². The minimum Gasteiger partial charge on any atom is -0.476 e. The maximum absolute atomic E-state index is 12.0. The molecule has 0 aliphatic carbocycles. The Balaban J connectivity index is 3.30. The van der Waals surface area contributed by atoms with E-state index in [0.29, 0.717) is 0 Å². The summed E-state index contributed by atoms with van der Waals surface area (Å²) in [5, 5.41) is 12.6. The molecule has 0 amide bonds. The van der Waals surface area contributed by atoms with E-state index in [1.807, 2.05) is 0 Å². The largest absolute Gasteiger partial charge is 0.476 e. The number of rotatable bonds is 3. The number of sulfonamides is 1. The lowest BCUT2D eigenvalue weighted by Crippen LogP contribution is -2.40. The quantitative estimate of drug-likeness (QED) is 0.809. The molecule has 0 saturated carbocycles. The van der Waals surface area contributed by atoms with Crippen LogP contribution in [0.2, 0.25) is 0 Å². The molecule has 0 fully saturated rings. The molecular formula is C9H15N3O4S. The molecule has 0 spiro atoms. The second-order valence-corrected chi connectivity index (χ2v) is 6.29. The zero-order valence-corrected chi connectivity index (χ0v) is 10.9. The Bertz CT molecular complexity index is 539. The van der Waals surface area contributed by atoms with E-state index in [0.717, 1.165) is 10.9 Å². The van der Waals surface area contributed by atoms with Crippen molar-refractivity contribution in [3.05, 3.63) is 11.9 Å². The van der Waals surface area contributed by atoms with Crippen LogP contribution in [0.25, 0.3) is 0 Å². The lowest BCUT2D eigenvalue weighted by molar-refractivity contribution is 0.0680. The van der Waals surface area contributed by atoms with Crippen LogP contribution in [-0.4, -0.2) is 34.8 Å². The highest BCUT2D eigenvalue weighted by molar-refractivity contribution is 7.89. The predicted octanol–water partition coefficient (Wildman–Crippen LogP) is 0.195. The van der Waals surface area contributed by atoms with Gasteiger partial charge in [-0.25, -0.2) is 17.9 Å². The molecule has 2 N–H and O–H groups in total. The summed E-state index contributed by atoms with van der Waals surface area (Å²) < 4.78 is 27.3. The Labute approximate surface area is 99.5 Å². The molecule has 1 aromatic heterocycles. The molecule has 0 unspecified atom stereocenters. The molecule has 1 rings (SSSR count). The lowest BCUT2D eigenvalue weighted by atomic mass is 10.1. The van der Waals surface area contributed by atoms with Gasteiger partial charge < -0.3 is 5.11 Å². The lowest BCUT2D eigenvalue weighted by Gasteiger charge is -2.19. The summed E-state index contributed by atoms with van der Waals surface area (Å²) in [5.41, 5.74) is -1.05. The van der Waals surface area contributed by atoms with Crippen molar-refractivity contribution in [1.29, 1.82) is 0 Å². The second-order valence-electron chi connectivity index (χ2n) is 4.64. The molecule has 0 bridgehead atoms. The molecule has 17 heavy (non-hydrogen) atoms. The first-order valence-corrected chi connectivity index (χ1v) is 6.32. The van der Waals surface area contributed by atoms with E-state index in [1.54, 1.807) is 20.8 Å². The van der Waals surface area contributed by atoms with Gasteiger partial charge in [-0.15, -0.1) is 0 Å². The van der Waals surface area contributed by atoms with Gasteiger partial charge in [-0.05, 0) is 20.8 Å². The molecule has 1 aromatic rings. The average molecular weight is 261 g/mol. The summed E-state index contributed by atoms with van der Waals surface area (Å²) >= 11 is 0. The Morgan fingerprint density at radius 2 is 2.00 bits per heavy atom. The monoisotopic (exact) mass is 261 g/mol. The number of carboxylic acid groups (broad SMARTS) is 1. The van der Waals surface area contributed by atoms with E-state index in [9.17, 15) is 13.2 Å². The predicted molar refractivity (Wildman–Crippen MR) is 60.2 cm³/mol. The van der Waals surface area contributed by atoms with Crippen molar-refractivity contribution in [3.63, 3.8) is 0 Å². The van der Waals surface area contributed by atoms with Crippen LogP contribution in [0.1, 0.15) is 31.3 Å². The normalized spacial score (nSPS) is 12.7. The van der Waals surface area contributed by atoms with Gasteiger partial charge in [0.15, 0.2) is 5.69 Å². The SMILES string of the molecule is Cn1ncc(S(=O)(=O)NC(C)(C)C)c1C(=O)O. The molecular weight excluding hydrogens is 246 g/mol. The number of carboxylic acids is 1. The first-order valence-electron chi connectivity index (χ1n) is 4.84. The molecule has 0 aliphatic rings. The number of hydrogen-bond donors (Lipinski definition) is 2. The maximum Gasteiger partial charge on any atom is 0.355 e. The van der Waals surface area contributed by atoms with Gasteiger partial charge in [0.1, 0.15) is 4.90 Å². The number of aromatic nitrogens is 2. The zero-order valence-electron chi connectivity index (χ0n) is 10.1. The number of carbonyl (C=O) groups is 1. The van der Waals surface area contributed by atoms with Crippen LogP contribution in [0, 0.1) is 0 Å². The number of nitrogens with one attached hydrogen (secondary N) is 1. The van der Waals surface area contributed by atoms with E-state index in [2.05, 4.69) is 9.82 Å². The third kappa shape index (κ3) is 3.04. The van der Waals surface area contributed by atoms with Crippen molar-refractivity contribution < 1.29 is 18.3 Å².